The molecule has 0 bridgehead atoms. The van der Waals surface area contributed by atoms with Crippen LogP contribution in [0.3, 0.4) is 0 Å². The summed E-state index contributed by atoms with van der Waals surface area (Å²) >= 11 is 0. The first-order valence-electron chi connectivity index (χ1n) is 11.6. The normalized spacial score (nSPS) is 23.7. The molecule has 0 unspecified atom stereocenters. The van der Waals surface area contributed by atoms with E-state index in [1.807, 2.05) is 66.7 Å². The molecule has 1 N–H and O–H groups in total. The maximum atomic E-state index is 14.4. The van der Waals surface area contributed by atoms with Gasteiger partial charge in [-0.25, -0.2) is 0 Å². The lowest BCUT2D eigenvalue weighted by Crippen LogP contribution is -2.54. The number of ketones is 2. The second kappa shape index (κ2) is 8.88. The molecule has 4 heteroatoms. The van der Waals surface area contributed by atoms with E-state index in [-0.39, 0.29) is 17.3 Å². The molecule has 2 aliphatic carbocycles. The van der Waals surface area contributed by atoms with E-state index in [0.29, 0.717) is 23.3 Å². The number of aromatic hydroxyl groups is 1. The summed E-state index contributed by atoms with van der Waals surface area (Å²) in [5.41, 5.74) is 1.99. The fourth-order valence-corrected chi connectivity index (χ4v) is 5.74. The van der Waals surface area contributed by atoms with Gasteiger partial charge in [-0.15, -0.1) is 0 Å². The zero-order chi connectivity index (χ0) is 24.6. The lowest BCUT2D eigenvalue weighted by Gasteiger charge is -2.49. The molecule has 3 aromatic rings. The monoisotopic (exact) mass is 462 g/mol. The molecule has 3 atom stereocenters. The van der Waals surface area contributed by atoms with Gasteiger partial charge in [0, 0.05) is 23.0 Å². The number of ether oxygens (including phenoxy) is 1. The van der Waals surface area contributed by atoms with Crippen LogP contribution in [0.15, 0.2) is 109 Å². The molecule has 0 radical (unpaired) electrons. The molecule has 0 saturated carbocycles. The summed E-state index contributed by atoms with van der Waals surface area (Å²) in [4.78, 5) is 28.5. The fraction of sp³-hybridized carbons (Fsp3) is 0.161. The predicted octanol–water partition coefficient (Wildman–Crippen LogP) is 5.79. The Morgan fingerprint density at radius 1 is 1.00 bits per heavy atom. The average Bonchev–Trinajstić information content (AvgIpc) is 2.91. The van der Waals surface area contributed by atoms with Gasteiger partial charge in [0.25, 0.3) is 0 Å². The standard InChI is InChI=1S/C31H26O4/c1-3-20-14-16-26-30(34)24(21-10-6-4-7-11-21)19-28(33)31(26,22-12-8-5-9-13-22)29(20)25-18-23(35-2)15-17-27(25)32/h3-15,17-19,26,29,32H,1,16H2,2H3/t26-,29+,31-/m0/s1. The molecule has 3 aromatic carbocycles. The molecule has 0 heterocycles. The van der Waals surface area contributed by atoms with Gasteiger partial charge >= 0.3 is 0 Å². The number of phenolic OH excluding ortho intramolecular Hbond substituents is 1. The van der Waals surface area contributed by atoms with Crippen molar-refractivity contribution in [3.63, 3.8) is 0 Å². The number of benzene rings is 3. The number of carbonyl (C=O) groups is 2. The van der Waals surface area contributed by atoms with Crippen molar-refractivity contribution in [1.82, 2.24) is 0 Å². The summed E-state index contributed by atoms with van der Waals surface area (Å²) in [6, 6.07) is 23.7. The average molecular weight is 463 g/mol. The third-order valence-electron chi connectivity index (χ3n) is 7.31. The van der Waals surface area contributed by atoms with Crippen molar-refractivity contribution in [3.05, 3.63) is 126 Å². The van der Waals surface area contributed by atoms with Crippen molar-refractivity contribution >= 4 is 17.1 Å². The van der Waals surface area contributed by atoms with E-state index < -0.39 is 17.3 Å². The molecule has 0 saturated heterocycles. The maximum Gasteiger partial charge on any atom is 0.168 e. The number of rotatable bonds is 5. The van der Waals surface area contributed by atoms with Gasteiger partial charge in [0.15, 0.2) is 11.6 Å². The van der Waals surface area contributed by atoms with Crippen molar-refractivity contribution in [2.45, 2.75) is 17.8 Å². The van der Waals surface area contributed by atoms with Crippen LogP contribution < -0.4 is 4.74 Å². The number of phenols is 1. The fourth-order valence-electron chi connectivity index (χ4n) is 5.74. The molecule has 0 aliphatic heterocycles. The summed E-state index contributed by atoms with van der Waals surface area (Å²) in [5, 5.41) is 11.0. The molecule has 0 fully saturated rings. The summed E-state index contributed by atoms with van der Waals surface area (Å²) in [7, 11) is 1.56. The van der Waals surface area contributed by atoms with E-state index >= 15 is 0 Å². The number of carbonyl (C=O) groups excluding carboxylic acids is 2. The smallest absolute Gasteiger partial charge is 0.168 e. The first-order valence-corrected chi connectivity index (χ1v) is 11.6. The molecule has 2 aliphatic rings. The Hall–Kier alpha value is -4.18. The lowest BCUT2D eigenvalue weighted by molar-refractivity contribution is -0.131. The van der Waals surface area contributed by atoms with Crippen molar-refractivity contribution < 1.29 is 19.4 Å². The third-order valence-corrected chi connectivity index (χ3v) is 7.31. The van der Waals surface area contributed by atoms with Gasteiger partial charge in [-0.1, -0.05) is 79.4 Å². The molecule has 0 spiro atoms. The Kier molecular flexibility index (Phi) is 5.73. The minimum Gasteiger partial charge on any atom is -0.508 e. The lowest BCUT2D eigenvalue weighted by atomic mass is 9.50. The SMILES string of the molecule is C=CC1=CC[C@H]2C(=O)C(c3ccccc3)=CC(=O)[C@@]2(c2ccccc2)[C@H]1c1cc(OC)ccc1O. The molecular weight excluding hydrogens is 436 g/mol. The number of methoxy groups -OCH3 is 1. The van der Waals surface area contributed by atoms with E-state index in [9.17, 15) is 14.7 Å². The Balaban J connectivity index is 1.83. The topological polar surface area (TPSA) is 63.6 Å². The Bertz CT molecular complexity index is 1370. The zero-order valence-electron chi connectivity index (χ0n) is 19.5. The van der Waals surface area contributed by atoms with E-state index in [0.717, 1.165) is 16.7 Å². The van der Waals surface area contributed by atoms with Crippen LogP contribution in [0.2, 0.25) is 0 Å². The van der Waals surface area contributed by atoms with Gasteiger partial charge in [0.2, 0.25) is 0 Å². The molecular formula is C31H26O4. The second-order valence-electron chi connectivity index (χ2n) is 8.94. The first-order chi connectivity index (χ1) is 17.0. The van der Waals surface area contributed by atoms with Crippen molar-refractivity contribution in [3.8, 4) is 11.5 Å². The van der Waals surface area contributed by atoms with Crippen LogP contribution in [0, 0.1) is 5.92 Å². The molecule has 5 rings (SSSR count). The van der Waals surface area contributed by atoms with Gasteiger partial charge in [-0.3, -0.25) is 9.59 Å². The summed E-state index contributed by atoms with van der Waals surface area (Å²) in [6.07, 6.45) is 5.59. The highest BCUT2D eigenvalue weighted by atomic mass is 16.5. The van der Waals surface area contributed by atoms with Crippen molar-refractivity contribution in [2.24, 2.45) is 5.92 Å². The van der Waals surface area contributed by atoms with Gasteiger partial charge in [0.05, 0.1) is 12.5 Å². The van der Waals surface area contributed by atoms with Crippen LogP contribution >= 0.6 is 0 Å². The van der Waals surface area contributed by atoms with Crippen molar-refractivity contribution in [1.29, 1.82) is 0 Å². The molecule has 4 nitrogen and oxygen atoms in total. The van der Waals surface area contributed by atoms with Crippen LogP contribution in [-0.2, 0) is 15.0 Å². The van der Waals surface area contributed by atoms with E-state index in [2.05, 4.69) is 6.58 Å². The van der Waals surface area contributed by atoms with Gasteiger partial charge in [-0.2, -0.15) is 0 Å². The Labute approximate surface area is 204 Å². The van der Waals surface area contributed by atoms with E-state index in [4.69, 9.17) is 4.74 Å². The highest BCUT2D eigenvalue weighted by molar-refractivity contribution is 6.31. The summed E-state index contributed by atoms with van der Waals surface area (Å²) < 4.78 is 5.45. The van der Waals surface area contributed by atoms with Crippen molar-refractivity contribution in [2.75, 3.05) is 7.11 Å². The van der Waals surface area contributed by atoms with Crippen LogP contribution in [0.1, 0.15) is 29.0 Å². The summed E-state index contributed by atoms with van der Waals surface area (Å²) in [5.74, 6) is -0.907. The minimum atomic E-state index is -1.24. The van der Waals surface area contributed by atoms with Gasteiger partial charge < -0.3 is 9.84 Å². The van der Waals surface area contributed by atoms with Crippen LogP contribution in [-0.4, -0.2) is 23.8 Å². The number of hydrogen-bond acceptors (Lipinski definition) is 4. The number of allylic oxidation sites excluding steroid dienone is 5. The molecule has 35 heavy (non-hydrogen) atoms. The Morgan fingerprint density at radius 2 is 1.69 bits per heavy atom. The van der Waals surface area contributed by atoms with Crippen LogP contribution in [0.25, 0.3) is 5.57 Å². The highest BCUT2D eigenvalue weighted by Gasteiger charge is 2.59. The quantitative estimate of drug-likeness (QED) is 0.521. The number of hydrogen-bond donors (Lipinski definition) is 1. The number of Topliss-reactive ketones (excluding diaryl/α,β-unsaturated/α-hetero) is 1. The first kappa shape index (κ1) is 22.6. The molecule has 174 valence electrons. The van der Waals surface area contributed by atoms with Gasteiger partial charge in [0.1, 0.15) is 11.5 Å². The van der Waals surface area contributed by atoms with E-state index in [1.165, 1.54) is 6.08 Å². The predicted molar refractivity (Wildman–Crippen MR) is 136 cm³/mol. The van der Waals surface area contributed by atoms with E-state index in [1.54, 1.807) is 31.4 Å². The highest BCUT2D eigenvalue weighted by Crippen LogP contribution is 2.58. The maximum absolute atomic E-state index is 14.4. The second-order valence-corrected chi connectivity index (χ2v) is 8.94. The van der Waals surface area contributed by atoms with Gasteiger partial charge in [-0.05, 0) is 47.4 Å². The summed E-state index contributed by atoms with van der Waals surface area (Å²) in [6.45, 7) is 4.01. The Morgan fingerprint density at radius 3 is 2.34 bits per heavy atom. The number of fused-ring (bicyclic) bond motifs is 1. The molecule has 0 amide bonds. The largest absolute Gasteiger partial charge is 0.508 e. The minimum absolute atomic E-state index is 0.0394. The van der Waals surface area contributed by atoms with Crippen LogP contribution in [0.5, 0.6) is 11.5 Å². The molecule has 0 aromatic heterocycles. The zero-order valence-corrected chi connectivity index (χ0v) is 19.5. The third kappa shape index (κ3) is 3.45. The van der Waals surface area contributed by atoms with Crippen LogP contribution in [0.4, 0.5) is 0 Å².